The topological polar surface area (TPSA) is 38.0 Å². The van der Waals surface area contributed by atoms with Crippen LogP contribution in [0.3, 0.4) is 0 Å². The lowest BCUT2D eigenvalue weighted by Crippen LogP contribution is -2.50. The summed E-state index contributed by atoms with van der Waals surface area (Å²) in [4.78, 5) is 0. The Labute approximate surface area is 141 Å². The molecule has 2 aromatic rings. The summed E-state index contributed by atoms with van der Waals surface area (Å²) in [5, 5.41) is 3.47. The van der Waals surface area contributed by atoms with Crippen molar-refractivity contribution < 1.29 is 0 Å². The first-order valence-corrected chi connectivity index (χ1v) is 8.69. The zero-order valence-corrected chi connectivity index (χ0v) is 14.6. The van der Waals surface area contributed by atoms with Crippen LogP contribution in [0.15, 0.2) is 60.7 Å². The second kappa shape index (κ2) is 8.28. The van der Waals surface area contributed by atoms with Crippen molar-refractivity contribution in [2.24, 2.45) is 11.7 Å². The normalized spacial score (nSPS) is 14.4. The maximum Gasteiger partial charge on any atom is 0.0367 e. The number of benzene rings is 2. The van der Waals surface area contributed by atoms with Crippen LogP contribution in [0.25, 0.3) is 0 Å². The third kappa shape index (κ3) is 3.49. The van der Waals surface area contributed by atoms with E-state index in [1.807, 2.05) is 7.05 Å². The fourth-order valence-corrected chi connectivity index (χ4v) is 3.89. The van der Waals surface area contributed by atoms with E-state index in [0.29, 0.717) is 18.5 Å². The molecule has 0 fully saturated rings. The Morgan fingerprint density at radius 2 is 1.43 bits per heavy atom. The van der Waals surface area contributed by atoms with E-state index in [0.717, 1.165) is 12.8 Å². The lowest BCUT2D eigenvalue weighted by Gasteiger charge is -2.44. The van der Waals surface area contributed by atoms with Gasteiger partial charge in [0.2, 0.25) is 0 Å². The average Bonchev–Trinajstić information content (AvgIpc) is 2.63. The van der Waals surface area contributed by atoms with Crippen LogP contribution < -0.4 is 11.1 Å². The Morgan fingerprint density at radius 3 is 1.78 bits per heavy atom. The van der Waals surface area contributed by atoms with E-state index in [-0.39, 0.29) is 5.41 Å². The molecular formula is C21H30N2. The van der Waals surface area contributed by atoms with Gasteiger partial charge in [-0.2, -0.15) is 0 Å². The minimum absolute atomic E-state index is 0.166. The smallest absolute Gasteiger partial charge is 0.0367 e. The third-order valence-electron chi connectivity index (χ3n) is 5.19. The van der Waals surface area contributed by atoms with Gasteiger partial charge in [0.05, 0.1) is 0 Å². The van der Waals surface area contributed by atoms with E-state index in [4.69, 9.17) is 5.73 Å². The van der Waals surface area contributed by atoms with Crippen molar-refractivity contribution in [3.63, 3.8) is 0 Å². The molecule has 2 heteroatoms. The van der Waals surface area contributed by atoms with Gasteiger partial charge in [-0.1, -0.05) is 74.0 Å². The molecule has 2 rings (SSSR count). The summed E-state index contributed by atoms with van der Waals surface area (Å²) in [6.45, 7) is 5.14. The monoisotopic (exact) mass is 310 g/mol. The SMILES string of the molecule is CCCC(C(C)NC)C(CN)(c1ccccc1)c1ccccc1. The molecule has 0 radical (unpaired) electrons. The summed E-state index contributed by atoms with van der Waals surface area (Å²) in [5.74, 6) is 0.437. The van der Waals surface area contributed by atoms with Crippen molar-refractivity contribution in [1.82, 2.24) is 5.32 Å². The molecule has 0 aromatic heterocycles. The zero-order chi connectivity index (χ0) is 16.7. The van der Waals surface area contributed by atoms with Crippen LogP contribution in [0.2, 0.25) is 0 Å². The number of rotatable bonds is 8. The molecule has 0 spiro atoms. The van der Waals surface area contributed by atoms with Crippen molar-refractivity contribution in [2.45, 2.75) is 38.1 Å². The van der Waals surface area contributed by atoms with E-state index in [1.165, 1.54) is 11.1 Å². The van der Waals surface area contributed by atoms with E-state index < -0.39 is 0 Å². The minimum Gasteiger partial charge on any atom is -0.329 e. The highest BCUT2D eigenvalue weighted by Crippen LogP contribution is 2.42. The molecule has 0 amide bonds. The Hall–Kier alpha value is -1.64. The Kier molecular flexibility index (Phi) is 6.37. The van der Waals surface area contributed by atoms with Crippen molar-refractivity contribution in [3.05, 3.63) is 71.8 Å². The van der Waals surface area contributed by atoms with Crippen LogP contribution in [-0.2, 0) is 5.41 Å². The molecule has 23 heavy (non-hydrogen) atoms. The third-order valence-corrected chi connectivity index (χ3v) is 5.19. The molecular weight excluding hydrogens is 280 g/mol. The summed E-state index contributed by atoms with van der Waals surface area (Å²) in [6, 6.07) is 21.9. The van der Waals surface area contributed by atoms with Gasteiger partial charge < -0.3 is 11.1 Å². The number of hydrogen-bond donors (Lipinski definition) is 2. The summed E-state index contributed by atoms with van der Waals surface area (Å²) < 4.78 is 0. The molecule has 0 aliphatic rings. The fraction of sp³-hybridized carbons (Fsp3) is 0.429. The van der Waals surface area contributed by atoms with Crippen molar-refractivity contribution in [1.29, 1.82) is 0 Å². The molecule has 0 heterocycles. The molecule has 2 aromatic carbocycles. The second-order valence-electron chi connectivity index (χ2n) is 6.38. The van der Waals surface area contributed by atoms with E-state index in [1.54, 1.807) is 0 Å². The Balaban J connectivity index is 2.67. The van der Waals surface area contributed by atoms with Gasteiger partial charge in [0.25, 0.3) is 0 Å². The molecule has 3 N–H and O–H groups in total. The molecule has 2 unspecified atom stereocenters. The highest BCUT2D eigenvalue weighted by Gasteiger charge is 2.42. The van der Waals surface area contributed by atoms with Gasteiger partial charge in [0.15, 0.2) is 0 Å². The maximum atomic E-state index is 6.47. The van der Waals surface area contributed by atoms with Crippen LogP contribution in [-0.4, -0.2) is 19.6 Å². The average molecular weight is 310 g/mol. The van der Waals surface area contributed by atoms with Gasteiger partial charge in [-0.25, -0.2) is 0 Å². The fourth-order valence-electron chi connectivity index (χ4n) is 3.89. The first kappa shape index (κ1) is 17.7. The van der Waals surface area contributed by atoms with Crippen LogP contribution in [0.4, 0.5) is 0 Å². The Bertz CT molecular complexity index is 525. The van der Waals surface area contributed by atoms with E-state index in [9.17, 15) is 0 Å². The van der Waals surface area contributed by atoms with E-state index >= 15 is 0 Å². The molecule has 0 saturated carbocycles. The van der Waals surface area contributed by atoms with Crippen molar-refractivity contribution >= 4 is 0 Å². The largest absolute Gasteiger partial charge is 0.329 e. The second-order valence-corrected chi connectivity index (χ2v) is 6.38. The molecule has 0 aliphatic heterocycles. The van der Waals surface area contributed by atoms with Crippen LogP contribution >= 0.6 is 0 Å². The van der Waals surface area contributed by atoms with Gasteiger partial charge in [0.1, 0.15) is 0 Å². The Morgan fingerprint density at radius 1 is 0.957 bits per heavy atom. The standard InChI is InChI=1S/C21H30N2/c1-4-11-20(17(2)23-3)21(16-22,18-12-7-5-8-13-18)19-14-9-6-10-15-19/h5-10,12-15,17,20,23H,4,11,16,22H2,1-3H3. The highest BCUT2D eigenvalue weighted by molar-refractivity contribution is 5.41. The molecule has 0 bridgehead atoms. The van der Waals surface area contributed by atoms with E-state index in [2.05, 4.69) is 79.8 Å². The molecule has 0 aliphatic carbocycles. The molecule has 2 atom stereocenters. The summed E-state index contributed by atoms with van der Waals surface area (Å²) >= 11 is 0. The number of nitrogens with two attached hydrogens (primary N) is 1. The highest BCUT2D eigenvalue weighted by atomic mass is 14.9. The van der Waals surface area contributed by atoms with Crippen LogP contribution in [0, 0.1) is 5.92 Å². The predicted octanol–water partition coefficient (Wildman–Crippen LogP) is 3.96. The predicted molar refractivity (Wildman–Crippen MR) is 99.6 cm³/mol. The molecule has 2 nitrogen and oxygen atoms in total. The van der Waals surface area contributed by atoms with Gasteiger partial charge in [-0.15, -0.1) is 0 Å². The van der Waals surface area contributed by atoms with Gasteiger partial charge in [0, 0.05) is 18.0 Å². The van der Waals surface area contributed by atoms with Crippen molar-refractivity contribution in [3.8, 4) is 0 Å². The first-order chi connectivity index (χ1) is 11.2. The zero-order valence-electron chi connectivity index (χ0n) is 14.6. The summed E-state index contributed by atoms with van der Waals surface area (Å²) in [7, 11) is 2.05. The van der Waals surface area contributed by atoms with Gasteiger partial charge in [-0.05, 0) is 37.4 Å². The summed E-state index contributed by atoms with van der Waals surface area (Å²) in [6.07, 6.45) is 2.29. The molecule has 124 valence electrons. The maximum absolute atomic E-state index is 6.47. The van der Waals surface area contributed by atoms with Crippen LogP contribution in [0.1, 0.15) is 37.8 Å². The van der Waals surface area contributed by atoms with Gasteiger partial charge >= 0.3 is 0 Å². The number of nitrogens with one attached hydrogen (secondary N) is 1. The quantitative estimate of drug-likeness (QED) is 0.774. The lowest BCUT2D eigenvalue weighted by atomic mass is 9.62. The molecule has 0 saturated heterocycles. The summed E-state index contributed by atoms with van der Waals surface area (Å²) in [5.41, 5.74) is 8.93. The lowest BCUT2D eigenvalue weighted by molar-refractivity contribution is 0.243. The van der Waals surface area contributed by atoms with Crippen LogP contribution in [0.5, 0.6) is 0 Å². The van der Waals surface area contributed by atoms with Gasteiger partial charge in [-0.3, -0.25) is 0 Å². The minimum atomic E-state index is -0.166. The van der Waals surface area contributed by atoms with Crippen molar-refractivity contribution in [2.75, 3.05) is 13.6 Å². The first-order valence-electron chi connectivity index (χ1n) is 8.69. The number of hydrogen-bond acceptors (Lipinski definition) is 2.